The number of rotatable bonds is 5. The first-order valence-electron chi connectivity index (χ1n) is 13.7. The highest BCUT2D eigenvalue weighted by molar-refractivity contribution is 7.07. The van der Waals surface area contributed by atoms with E-state index in [1.165, 1.54) is 33.7 Å². The van der Waals surface area contributed by atoms with Crippen LogP contribution in [0.2, 0.25) is 0 Å². The highest BCUT2D eigenvalue weighted by Crippen LogP contribution is 2.41. The van der Waals surface area contributed by atoms with Gasteiger partial charge in [0.1, 0.15) is 0 Å². The minimum atomic E-state index is -0.166. The van der Waals surface area contributed by atoms with Gasteiger partial charge in [-0.05, 0) is 83.5 Å². The molecule has 0 amide bonds. The summed E-state index contributed by atoms with van der Waals surface area (Å²) in [7, 11) is 8.21. The molecule has 1 aromatic heterocycles. The Hall–Kier alpha value is -4.16. The van der Waals surface area contributed by atoms with E-state index in [1.807, 2.05) is 55.1 Å². The maximum atomic E-state index is 13.9. The molecule has 202 valence electrons. The predicted molar refractivity (Wildman–Crippen MR) is 168 cm³/mol. The molecule has 6 rings (SSSR count). The molecule has 0 N–H and O–H groups in total. The van der Waals surface area contributed by atoms with Crippen molar-refractivity contribution in [2.45, 2.75) is 25.3 Å². The van der Waals surface area contributed by atoms with Crippen LogP contribution in [0.1, 0.15) is 42.0 Å². The van der Waals surface area contributed by atoms with Gasteiger partial charge in [-0.25, -0.2) is 4.99 Å². The minimum absolute atomic E-state index is 0.0243. The van der Waals surface area contributed by atoms with Gasteiger partial charge < -0.3 is 9.80 Å². The highest BCUT2D eigenvalue weighted by Gasteiger charge is 2.32. The Morgan fingerprint density at radius 1 is 0.800 bits per heavy atom. The van der Waals surface area contributed by atoms with Crippen LogP contribution in [-0.4, -0.2) is 32.8 Å². The van der Waals surface area contributed by atoms with Crippen molar-refractivity contribution in [3.63, 3.8) is 0 Å². The fourth-order valence-corrected chi connectivity index (χ4v) is 6.58. The van der Waals surface area contributed by atoms with Crippen LogP contribution in [0.15, 0.2) is 105 Å². The number of hydrogen-bond donors (Lipinski definition) is 0. The molecular formula is C34H34N4OS. The molecule has 0 saturated heterocycles. The zero-order valence-corrected chi connectivity index (χ0v) is 24.3. The molecule has 2 aliphatic rings. The number of benzene rings is 3. The molecule has 0 radical (unpaired) electrons. The molecule has 3 aromatic carbocycles. The molecule has 4 aromatic rings. The molecular weight excluding hydrogens is 512 g/mol. The molecule has 5 nitrogen and oxygen atoms in total. The van der Waals surface area contributed by atoms with E-state index >= 15 is 0 Å². The van der Waals surface area contributed by atoms with Gasteiger partial charge in [0.15, 0.2) is 4.80 Å². The third-order valence-corrected chi connectivity index (χ3v) is 8.69. The lowest BCUT2D eigenvalue weighted by Crippen LogP contribution is -2.39. The highest BCUT2D eigenvalue weighted by atomic mass is 32.1. The van der Waals surface area contributed by atoms with E-state index in [4.69, 9.17) is 4.99 Å². The lowest BCUT2D eigenvalue weighted by Gasteiger charge is -2.31. The number of thiazole rings is 1. The normalized spacial score (nSPS) is 17.9. The van der Waals surface area contributed by atoms with Gasteiger partial charge in [-0.1, -0.05) is 65.9 Å². The van der Waals surface area contributed by atoms with Crippen LogP contribution in [0.25, 0.3) is 12.2 Å². The van der Waals surface area contributed by atoms with Gasteiger partial charge in [-0.2, -0.15) is 0 Å². The molecule has 40 heavy (non-hydrogen) atoms. The summed E-state index contributed by atoms with van der Waals surface area (Å²) in [4.78, 5) is 24.1. The third kappa shape index (κ3) is 4.95. The fourth-order valence-electron chi connectivity index (χ4n) is 5.58. The maximum absolute atomic E-state index is 13.9. The summed E-state index contributed by atoms with van der Waals surface area (Å²) in [6, 6.07) is 27.2. The van der Waals surface area contributed by atoms with Crippen molar-refractivity contribution >= 4 is 34.9 Å². The van der Waals surface area contributed by atoms with Crippen molar-refractivity contribution in [1.29, 1.82) is 0 Å². The van der Waals surface area contributed by atoms with E-state index < -0.39 is 0 Å². The first kappa shape index (κ1) is 26.1. The van der Waals surface area contributed by atoms with Crippen LogP contribution in [0.3, 0.4) is 0 Å². The summed E-state index contributed by atoms with van der Waals surface area (Å²) in [5.41, 5.74) is 9.19. The number of allylic oxidation sites excluding steroid dienone is 2. The zero-order chi connectivity index (χ0) is 27.8. The van der Waals surface area contributed by atoms with Gasteiger partial charge in [0, 0.05) is 39.6 Å². The van der Waals surface area contributed by atoms with E-state index in [-0.39, 0.29) is 11.6 Å². The quantitative estimate of drug-likeness (QED) is 0.327. The van der Waals surface area contributed by atoms with Crippen LogP contribution in [0.5, 0.6) is 0 Å². The summed E-state index contributed by atoms with van der Waals surface area (Å²) >= 11 is 1.49. The molecule has 0 fully saturated rings. The van der Waals surface area contributed by atoms with Crippen LogP contribution in [0, 0.1) is 0 Å². The van der Waals surface area contributed by atoms with E-state index in [0.717, 1.165) is 46.6 Å². The van der Waals surface area contributed by atoms with Crippen molar-refractivity contribution in [3.8, 4) is 0 Å². The molecule has 1 aliphatic heterocycles. The average Bonchev–Trinajstić information content (AvgIpc) is 3.27. The van der Waals surface area contributed by atoms with Crippen molar-refractivity contribution in [2.24, 2.45) is 4.99 Å². The van der Waals surface area contributed by atoms with Crippen LogP contribution in [-0.2, 0) is 0 Å². The van der Waals surface area contributed by atoms with Crippen molar-refractivity contribution in [1.82, 2.24) is 4.57 Å². The predicted octanol–water partition coefficient (Wildman–Crippen LogP) is 5.61. The number of fused-ring (bicyclic) bond motifs is 1. The molecule has 6 heteroatoms. The molecule has 1 atom stereocenters. The van der Waals surface area contributed by atoms with Gasteiger partial charge in [-0.3, -0.25) is 9.36 Å². The van der Waals surface area contributed by atoms with Gasteiger partial charge in [0.2, 0.25) is 0 Å². The molecule has 0 spiro atoms. The topological polar surface area (TPSA) is 40.8 Å². The molecule has 1 aliphatic carbocycles. The Bertz CT molecular complexity index is 1770. The smallest absolute Gasteiger partial charge is 0.271 e. The first-order valence-corrected chi connectivity index (χ1v) is 14.6. The van der Waals surface area contributed by atoms with Gasteiger partial charge in [0.05, 0.1) is 16.3 Å². The van der Waals surface area contributed by atoms with Crippen LogP contribution < -0.4 is 24.7 Å². The number of hydrogen-bond acceptors (Lipinski definition) is 5. The van der Waals surface area contributed by atoms with Crippen molar-refractivity contribution < 1.29 is 0 Å². The second-order valence-corrected chi connectivity index (χ2v) is 11.9. The number of anilines is 2. The lowest BCUT2D eigenvalue weighted by atomic mass is 9.83. The SMILES string of the molecule is CN(C)c1ccc(/C=C2\CCCC3=C2N=c2s/c(=C/c4ccccc4)c(=O)n2C3c2ccc(N(C)C)cc2)cc1. The summed E-state index contributed by atoms with van der Waals surface area (Å²) in [6.07, 6.45) is 7.21. The zero-order valence-electron chi connectivity index (χ0n) is 23.5. The standard InChI is InChI=1S/C34H34N4OS/c1-36(2)27-17-13-24(14-18-27)21-26-11-8-12-29-31(26)35-34-38(32(29)25-15-19-28(20-16-25)37(3)4)33(39)30(40-34)22-23-9-6-5-7-10-23/h5-7,9-10,13-22,32H,8,11-12H2,1-4H3/b26-21+,30-22+. The second kappa shape index (κ2) is 10.8. The summed E-state index contributed by atoms with van der Waals surface area (Å²) < 4.78 is 2.64. The van der Waals surface area contributed by atoms with Crippen molar-refractivity contribution in [2.75, 3.05) is 38.0 Å². The Balaban J connectivity index is 1.53. The monoisotopic (exact) mass is 546 g/mol. The van der Waals surface area contributed by atoms with E-state index in [2.05, 4.69) is 78.5 Å². The van der Waals surface area contributed by atoms with E-state index in [0.29, 0.717) is 4.53 Å². The summed E-state index contributed by atoms with van der Waals surface area (Å²) in [5.74, 6) is 0. The summed E-state index contributed by atoms with van der Waals surface area (Å²) in [6.45, 7) is 0. The van der Waals surface area contributed by atoms with E-state index in [9.17, 15) is 4.79 Å². The second-order valence-electron chi connectivity index (χ2n) is 10.9. The Morgan fingerprint density at radius 3 is 2.08 bits per heavy atom. The third-order valence-electron chi connectivity index (χ3n) is 7.71. The van der Waals surface area contributed by atoms with Gasteiger partial charge >= 0.3 is 0 Å². The largest absolute Gasteiger partial charge is 0.378 e. The molecule has 2 heterocycles. The Morgan fingerprint density at radius 2 is 1.43 bits per heavy atom. The lowest BCUT2D eigenvalue weighted by molar-refractivity contribution is 0.553. The average molecular weight is 547 g/mol. The van der Waals surface area contributed by atoms with E-state index in [1.54, 1.807) is 0 Å². The minimum Gasteiger partial charge on any atom is -0.378 e. The molecule has 1 unspecified atom stereocenters. The van der Waals surface area contributed by atoms with Crippen LogP contribution in [0.4, 0.5) is 11.4 Å². The fraction of sp³-hybridized carbons (Fsp3) is 0.235. The molecule has 0 saturated carbocycles. The molecule has 0 bridgehead atoms. The van der Waals surface area contributed by atoms with Crippen LogP contribution >= 0.6 is 11.3 Å². The Labute approximate surface area is 239 Å². The number of aromatic nitrogens is 1. The van der Waals surface area contributed by atoms with Gasteiger partial charge in [-0.15, -0.1) is 0 Å². The maximum Gasteiger partial charge on any atom is 0.271 e. The van der Waals surface area contributed by atoms with Crippen molar-refractivity contribution in [3.05, 3.63) is 132 Å². The Kier molecular flexibility index (Phi) is 7.03. The first-order chi connectivity index (χ1) is 19.4. The summed E-state index contributed by atoms with van der Waals surface area (Å²) in [5, 5.41) is 0. The number of nitrogens with zero attached hydrogens (tertiary/aromatic N) is 4. The van der Waals surface area contributed by atoms with Gasteiger partial charge in [0.25, 0.3) is 5.56 Å².